The summed E-state index contributed by atoms with van der Waals surface area (Å²) in [5.74, 6) is -0.109. The molecule has 0 radical (unpaired) electrons. The van der Waals surface area contributed by atoms with Crippen LogP contribution in [0.5, 0.6) is 0 Å². The minimum absolute atomic E-state index is 0. The van der Waals surface area contributed by atoms with Gasteiger partial charge in [0.25, 0.3) is 0 Å². The Hall–Kier alpha value is -0.920. The minimum Gasteiger partial charge on any atom is -0.381 e. The van der Waals surface area contributed by atoms with Gasteiger partial charge in [-0.1, -0.05) is 12.1 Å². The van der Waals surface area contributed by atoms with Crippen LogP contribution in [0.15, 0.2) is 24.3 Å². The van der Waals surface area contributed by atoms with Gasteiger partial charge in [0.2, 0.25) is 5.91 Å². The van der Waals surface area contributed by atoms with Crippen molar-refractivity contribution in [1.29, 1.82) is 0 Å². The second-order valence-electron chi connectivity index (χ2n) is 7.25. The molecule has 0 unspecified atom stereocenters. The third-order valence-corrected chi connectivity index (χ3v) is 5.56. The van der Waals surface area contributed by atoms with Crippen molar-refractivity contribution in [2.45, 2.75) is 38.3 Å². The third-order valence-electron chi connectivity index (χ3n) is 5.56. The molecule has 0 atom stereocenters. The molecule has 0 aromatic heterocycles. The Morgan fingerprint density at radius 3 is 2.33 bits per heavy atom. The van der Waals surface area contributed by atoms with E-state index in [1.54, 1.807) is 0 Å². The summed E-state index contributed by atoms with van der Waals surface area (Å²) in [5, 5.41) is 3.22. The lowest BCUT2D eigenvalue weighted by Crippen LogP contribution is -2.53. The number of halogens is 3. The largest absolute Gasteiger partial charge is 0.381 e. The van der Waals surface area contributed by atoms with Gasteiger partial charge in [0, 0.05) is 45.4 Å². The van der Waals surface area contributed by atoms with Crippen molar-refractivity contribution in [3.63, 3.8) is 0 Å². The van der Waals surface area contributed by atoms with Gasteiger partial charge in [-0.2, -0.15) is 0 Å². The van der Waals surface area contributed by atoms with Gasteiger partial charge in [-0.25, -0.2) is 4.39 Å². The summed E-state index contributed by atoms with van der Waals surface area (Å²) in [6.07, 6.45) is 3.28. The van der Waals surface area contributed by atoms with Crippen LogP contribution < -0.4 is 11.1 Å². The molecule has 5 nitrogen and oxygen atoms in total. The van der Waals surface area contributed by atoms with Crippen molar-refractivity contribution in [3.05, 3.63) is 35.6 Å². The molecule has 8 heteroatoms. The fourth-order valence-corrected chi connectivity index (χ4v) is 3.71. The third kappa shape index (κ3) is 6.29. The van der Waals surface area contributed by atoms with E-state index >= 15 is 0 Å². The SMILES string of the molecule is Cl.Cl.NCC1(C(=O)NC2CCN(Cc3ccc(F)cc3)CC2)CCOCC1. The number of carbonyl (C=O) groups is 1. The summed E-state index contributed by atoms with van der Waals surface area (Å²) in [6.45, 7) is 4.29. The molecule has 3 N–H and O–H groups in total. The number of carbonyl (C=O) groups excluding carboxylic acids is 1. The number of nitrogens with zero attached hydrogens (tertiary/aromatic N) is 1. The van der Waals surface area contributed by atoms with Crippen LogP contribution in [0.4, 0.5) is 4.39 Å². The summed E-state index contributed by atoms with van der Waals surface area (Å²) >= 11 is 0. The Kier molecular flexibility index (Phi) is 9.98. The fourth-order valence-electron chi connectivity index (χ4n) is 3.71. The van der Waals surface area contributed by atoms with E-state index in [1.807, 2.05) is 12.1 Å². The van der Waals surface area contributed by atoms with Gasteiger partial charge in [0.15, 0.2) is 0 Å². The molecule has 0 bridgehead atoms. The lowest BCUT2D eigenvalue weighted by molar-refractivity contribution is -0.137. The monoisotopic (exact) mass is 421 g/mol. The molecule has 0 aliphatic carbocycles. The highest BCUT2D eigenvalue weighted by Crippen LogP contribution is 2.30. The molecule has 2 aliphatic heterocycles. The lowest BCUT2D eigenvalue weighted by Gasteiger charge is -2.38. The van der Waals surface area contributed by atoms with Crippen LogP contribution in [-0.2, 0) is 16.1 Å². The van der Waals surface area contributed by atoms with Crippen LogP contribution >= 0.6 is 24.8 Å². The number of ether oxygens (including phenoxy) is 1. The Morgan fingerprint density at radius 1 is 1.19 bits per heavy atom. The van der Waals surface area contributed by atoms with E-state index in [1.165, 1.54) is 12.1 Å². The quantitative estimate of drug-likeness (QED) is 0.766. The van der Waals surface area contributed by atoms with E-state index in [2.05, 4.69) is 10.2 Å². The molecule has 154 valence electrons. The van der Waals surface area contributed by atoms with Gasteiger partial charge in [-0.3, -0.25) is 9.69 Å². The minimum atomic E-state index is -0.455. The normalized spacial score (nSPS) is 20.2. The highest BCUT2D eigenvalue weighted by Gasteiger charge is 2.39. The maximum absolute atomic E-state index is 13.0. The molecule has 0 saturated carbocycles. The van der Waals surface area contributed by atoms with Gasteiger partial charge < -0.3 is 15.8 Å². The molecule has 27 heavy (non-hydrogen) atoms. The highest BCUT2D eigenvalue weighted by atomic mass is 35.5. The first-order valence-corrected chi connectivity index (χ1v) is 9.17. The maximum atomic E-state index is 13.0. The number of nitrogens with one attached hydrogen (secondary N) is 1. The van der Waals surface area contributed by atoms with Crippen molar-refractivity contribution in [2.75, 3.05) is 32.8 Å². The van der Waals surface area contributed by atoms with E-state index < -0.39 is 5.41 Å². The number of piperidine rings is 1. The van der Waals surface area contributed by atoms with E-state index in [-0.39, 0.29) is 42.6 Å². The zero-order valence-corrected chi connectivity index (χ0v) is 17.1. The zero-order chi connectivity index (χ0) is 17.7. The molecule has 1 amide bonds. The van der Waals surface area contributed by atoms with Gasteiger partial charge >= 0.3 is 0 Å². The summed E-state index contributed by atoms with van der Waals surface area (Å²) in [6, 6.07) is 6.88. The number of amides is 1. The van der Waals surface area contributed by atoms with Crippen molar-refractivity contribution < 1.29 is 13.9 Å². The lowest BCUT2D eigenvalue weighted by atomic mass is 9.79. The molecule has 3 rings (SSSR count). The summed E-state index contributed by atoms with van der Waals surface area (Å²) in [5.41, 5.74) is 6.58. The van der Waals surface area contributed by atoms with Crippen LogP contribution in [-0.4, -0.2) is 49.7 Å². The number of rotatable bonds is 5. The zero-order valence-electron chi connectivity index (χ0n) is 15.5. The molecule has 2 saturated heterocycles. The first kappa shape index (κ1) is 24.1. The topological polar surface area (TPSA) is 67.6 Å². The number of hydrogen-bond acceptors (Lipinski definition) is 4. The first-order valence-electron chi connectivity index (χ1n) is 9.17. The van der Waals surface area contributed by atoms with Gasteiger partial charge in [-0.05, 0) is 43.4 Å². The number of nitrogens with two attached hydrogens (primary N) is 1. The van der Waals surface area contributed by atoms with Crippen molar-refractivity contribution in [2.24, 2.45) is 11.1 Å². The predicted octanol–water partition coefficient (Wildman–Crippen LogP) is 2.51. The molecule has 2 aliphatic rings. The summed E-state index contributed by atoms with van der Waals surface area (Å²) < 4.78 is 18.4. The number of hydrogen-bond donors (Lipinski definition) is 2. The van der Waals surface area contributed by atoms with Gasteiger partial charge in [-0.15, -0.1) is 24.8 Å². The van der Waals surface area contributed by atoms with Crippen LogP contribution in [0.25, 0.3) is 0 Å². The smallest absolute Gasteiger partial charge is 0.227 e. The van der Waals surface area contributed by atoms with E-state index in [9.17, 15) is 9.18 Å². The Balaban J connectivity index is 0.00000182. The molecule has 1 aromatic carbocycles. The van der Waals surface area contributed by atoms with Crippen molar-refractivity contribution in [1.82, 2.24) is 10.2 Å². The summed E-state index contributed by atoms with van der Waals surface area (Å²) in [4.78, 5) is 15.1. The highest BCUT2D eigenvalue weighted by molar-refractivity contribution is 5.85. The number of benzene rings is 1. The van der Waals surface area contributed by atoms with Gasteiger partial charge in [0.1, 0.15) is 5.82 Å². The maximum Gasteiger partial charge on any atom is 0.227 e. The van der Waals surface area contributed by atoms with E-state index in [0.29, 0.717) is 32.6 Å². The molecule has 1 aromatic rings. The molecular weight excluding hydrogens is 392 g/mol. The number of likely N-dealkylation sites (tertiary alicyclic amines) is 1. The average molecular weight is 422 g/mol. The van der Waals surface area contributed by atoms with Crippen molar-refractivity contribution >= 4 is 30.7 Å². The predicted molar refractivity (Wildman–Crippen MR) is 109 cm³/mol. The molecular formula is C19H30Cl2FN3O2. The average Bonchev–Trinajstić information content (AvgIpc) is 2.65. The van der Waals surface area contributed by atoms with Crippen molar-refractivity contribution in [3.8, 4) is 0 Å². The van der Waals surface area contributed by atoms with Gasteiger partial charge in [0.05, 0.1) is 5.41 Å². The Morgan fingerprint density at radius 2 is 1.78 bits per heavy atom. The second kappa shape index (κ2) is 11.2. The summed E-state index contributed by atoms with van der Waals surface area (Å²) in [7, 11) is 0. The second-order valence-corrected chi connectivity index (χ2v) is 7.25. The van der Waals surface area contributed by atoms with Crippen LogP contribution in [0.3, 0.4) is 0 Å². The fraction of sp³-hybridized carbons (Fsp3) is 0.632. The molecule has 2 fully saturated rings. The van der Waals surface area contributed by atoms with Crippen LogP contribution in [0, 0.1) is 11.2 Å². The standard InChI is InChI=1S/C19H28FN3O2.2ClH/c20-16-3-1-15(2-4-16)13-23-9-5-17(6-10-23)22-18(24)19(14-21)7-11-25-12-8-19;;/h1-4,17H,5-14,21H2,(H,22,24);2*1H. The Labute approximate surface area is 173 Å². The molecule has 2 heterocycles. The van der Waals surface area contributed by atoms with Crippen LogP contribution in [0.2, 0.25) is 0 Å². The van der Waals surface area contributed by atoms with E-state index in [4.69, 9.17) is 10.5 Å². The van der Waals surface area contributed by atoms with Crippen LogP contribution in [0.1, 0.15) is 31.2 Å². The Bertz CT molecular complexity index is 575. The molecule has 0 spiro atoms. The first-order chi connectivity index (χ1) is 12.1. The van der Waals surface area contributed by atoms with E-state index in [0.717, 1.165) is 38.0 Å².